The molecule has 0 saturated carbocycles. The number of rotatable bonds is 5. The summed E-state index contributed by atoms with van der Waals surface area (Å²) in [4.78, 5) is 17.0. The standard InChI is InChI=1S/C17H27N3O/c1-14-6-4-7-16(15(14)2)17(21)18-8-5-9-20-12-10-19(3)11-13-20/h4,6-7H,5,8-13H2,1-3H3,(H,18,21). The molecule has 4 nitrogen and oxygen atoms in total. The fourth-order valence-corrected chi connectivity index (χ4v) is 2.67. The lowest BCUT2D eigenvalue weighted by Gasteiger charge is -2.32. The van der Waals surface area contributed by atoms with Gasteiger partial charge in [0.15, 0.2) is 0 Å². The zero-order valence-electron chi connectivity index (χ0n) is 13.5. The van der Waals surface area contributed by atoms with Crippen LogP contribution >= 0.6 is 0 Å². The van der Waals surface area contributed by atoms with Crippen LogP contribution in [0.1, 0.15) is 27.9 Å². The van der Waals surface area contributed by atoms with Gasteiger partial charge in [0.2, 0.25) is 0 Å². The topological polar surface area (TPSA) is 35.6 Å². The Morgan fingerprint density at radius 3 is 2.62 bits per heavy atom. The molecular formula is C17H27N3O. The third-order valence-corrected chi connectivity index (χ3v) is 4.38. The molecular weight excluding hydrogens is 262 g/mol. The number of carbonyl (C=O) groups excluding carboxylic acids is 1. The van der Waals surface area contributed by atoms with Crippen LogP contribution in [-0.2, 0) is 0 Å². The van der Waals surface area contributed by atoms with Crippen molar-refractivity contribution in [3.63, 3.8) is 0 Å². The molecule has 0 radical (unpaired) electrons. The third-order valence-electron chi connectivity index (χ3n) is 4.38. The molecule has 0 unspecified atom stereocenters. The van der Waals surface area contributed by atoms with Crippen LogP contribution in [-0.4, -0.2) is 62.0 Å². The van der Waals surface area contributed by atoms with E-state index in [2.05, 4.69) is 22.2 Å². The minimum atomic E-state index is 0.0505. The number of benzene rings is 1. The van der Waals surface area contributed by atoms with Crippen LogP contribution in [0.5, 0.6) is 0 Å². The highest BCUT2D eigenvalue weighted by atomic mass is 16.1. The third kappa shape index (κ3) is 4.55. The molecule has 0 aliphatic carbocycles. The van der Waals surface area contributed by atoms with Gasteiger partial charge in [0.25, 0.3) is 5.91 Å². The average molecular weight is 289 g/mol. The monoisotopic (exact) mass is 289 g/mol. The Hall–Kier alpha value is -1.39. The van der Waals surface area contributed by atoms with E-state index in [4.69, 9.17) is 0 Å². The number of hydrogen-bond acceptors (Lipinski definition) is 3. The Kier molecular flexibility index (Phi) is 5.76. The van der Waals surface area contributed by atoms with E-state index in [0.29, 0.717) is 0 Å². The molecule has 1 aromatic rings. The Labute approximate surface area is 128 Å². The lowest BCUT2D eigenvalue weighted by molar-refractivity contribution is 0.0948. The van der Waals surface area contributed by atoms with Crippen molar-refractivity contribution in [2.75, 3.05) is 46.3 Å². The maximum absolute atomic E-state index is 12.2. The number of amides is 1. The molecule has 116 valence electrons. The van der Waals surface area contributed by atoms with Crippen molar-refractivity contribution < 1.29 is 4.79 Å². The second-order valence-electron chi connectivity index (χ2n) is 6.00. The summed E-state index contributed by atoms with van der Waals surface area (Å²) >= 11 is 0. The fourth-order valence-electron chi connectivity index (χ4n) is 2.67. The van der Waals surface area contributed by atoms with Gasteiger partial charge in [-0.25, -0.2) is 0 Å². The van der Waals surface area contributed by atoms with Crippen molar-refractivity contribution in [3.05, 3.63) is 34.9 Å². The predicted molar refractivity (Wildman–Crippen MR) is 86.8 cm³/mol. The van der Waals surface area contributed by atoms with Gasteiger partial charge in [0.1, 0.15) is 0 Å². The summed E-state index contributed by atoms with van der Waals surface area (Å²) in [6.45, 7) is 10.4. The van der Waals surface area contributed by atoms with Crippen LogP contribution < -0.4 is 5.32 Å². The minimum absolute atomic E-state index is 0.0505. The van der Waals surface area contributed by atoms with E-state index in [-0.39, 0.29) is 5.91 Å². The van der Waals surface area contributed by atoms with Crippen LogP contribution in [0.25, 0.3) is 0 Å². The summed E-state index contributed by atoms with van der Waals surface area (Å²) in [6, 6.07) is 5.89. The van der Waals surface area contributed by atoms with E-state index in [1.807, 2.05) is 32.0 Å². The number of hydrogen-bond donors (Lipinski definition) is 1. The Morgan fingerprint density at radius 2 is 1.90 bits per heavy atom. The van der Waals surface area contributed by atoms with Gasteiger partial charge in [0.05, 0.1) is 0 Å². The molecule has 1 N–H and O–H groups in total. The van der Waals surface area contributed by atoms with Gasteiger partial charge in [-0.2, -0.15) is 0 Å². The van der Waals surface area contributed by atoms with Crippen LogP contribution in [0.4, 0.5) is 0 Å². The molecule has 0 atom stereocenters. The smallest absolute Gasteiger partial charge is 0.251 e. The first-order valence-corrected chi connectivity index (χ1v) is 7.83. The molecule has 1 heterocycles. The van der Waals surface area contributed by atoms with Crippen LogP contribution in [0, 0.1) is 13.8 Å². The predicted octanol–water partition coefficient (Wildman–Crippen LogP) is 1.67. The molecule has 21 heavy (non-hydrogen) atoms. The first-order chi connectivity index (χ1) is 10.1. The van der Waals surface area contributed by atoms with Gasteiger partial charge >= 0.3 is 0 Å². The molecule has 1 fully saturated rings. The summed E-state index contributed by atoms with van der Waals surface area (Å²) in [5, 5.41) is 3.04. The zero-order valence-corrected chi connectivity index (χ0v) is 13.5. The second-order valence-corrected chi connectivity index (χ2v) is 6.00. The lowest BCUT2D eigenvalue weighted by atomic mass is 10.0. The SMILES string of the molecule is Cc1cccc(C(=O)NCCCN2CCN(C)CC2)c1C. The number of piperazine rings is 1. The van der Waals surface area contributed by atoms with Gasteiger partial charge in [-0.05, 0) is 51.1 Å². The molecule has 0 aromatic heterocycles. The molecule has 1 aliphatic rings. The first-order valence-electron chi connectivity index (χ1n) is 7.83. The normalized spacial score (nSPS) is 16.9. The van der Waals surface area contributed by atoms with E-state index in [1.165, 1.54) is 5.56 Å². The van der Waals surface area contributed by atoms with Crippen LogP contribution in [0.2, 0.25) is 0 Å². The quantitative estimate of drug-likeness (QED) is 0.838. The van der Waals surface area contributed by atoms with Crippen molar-refractivity contribution in [1.82, 2.24) is 15.1 Å². The molecule has 1 aliphatic heterocycles. The molecule has 1 aromatic carbocycles. The molecule has 1 amide bonds. The molecule has 0 bridgehead atoms. The molecule has 4 heteroatoms. The van der Waals surface area contributed by atoms with Crippen molar-refractivity contribution >= 4 is 5.91 Å². The Bertz CT molecular complexity index is 479. The fraction of sp³-hybridized carbons (Fsp3) is 0.588. The second kappa shape index (κ2) is 7.57. The molecule has 2 rings (SSSR count). The van der Waals surface area contributed by atoms with Gasteiger partial charge in [-0.3, -0.25) is 4.79 Å². The number of nitrogens with zero attached hydrogens (tertiary/aromatic N) is 2. The zero-order chi connectivity index (χ0) is 15.2. The van der Waals surface area contributed by atoms with Crippen molar-refractivity contribution in [3.8, 4) is 0 Å². The summed E-state index contributed by atoms with van der Waals surface area (Å²) in [5.74, 6) is 0.0505. The van der Waals surface area contributed by atoms with E-state index in [9.17, 15) is 4.79 Å². The summed E-state index contributed by atoms with van der Waals surface area (Å²) in [5.41, 5.74) is 3.05. The summed E-state index contributed by atoms with van der Waals surface area (Å²) < 4.78 is 0. The maximum Gasteiger partial charge on any atom is 0.251 e. The number of carbonyl (C=O) groups is 1. The number of nitrogens with one attached hydrogen (secondary N) is 1. The highest BCUT2D eigenvalue weighted by molar-refractivity contribution is 5.95. The van der Waals surface area contributed by atoms with Crippen LogP contribution in [0.15, 0.2) is 18.2 Å². The van der Waals surface area contributed by atoms with Gasteiger partial charge in [-0.1, -0.05) is 12.1 Å². The minimum Gasteiger partial charge on any atom is -0.352 e. The highest BCUT2D eigenvalue weighted by Gasteiger charge is 2.13. The number of likely N-dealkylation sites (N-methyl/N-ethyl adjacent to an activating group) is 1. The summed E-state index contributed by atoms with van der Waals surface area (Å²) in [7, 11) is 2.17. The van der Waals surface area contributed by atoms with Gasteiger partial charge < -0.3 is 15.1 Å². The average Bonchev–Trinajstić information content (AvgIpc) is 2.48. The largest absolute Gasteiger partial charge is 0.352 e. The van der Waals surface area contributed by atoms with Crippen LogP contribution in [0.3, 0.4) is 0 Å². The van der Waals surface area contributed by atoms with E-state index in [1.54, 1.807) is 0 Å². The number of aryl methyl sites for hydroxylation is 1. The van der Waals surface area contributed by atoms with E-state index < -0.39 is 0 Å². The van der Waals surface area contributed by atoms with E-state index >= 15 is 0 Å². The van der Waals surface area contributed by atoms with Gasteiger partial charge in [-0.15, -0.1) is 0 Å². The Morgan fingerprint density at radius 1 is 1.19 bits per heavy atom. The molecule has 0 spiro atoms. The van der Waals surface area contributed by atoms with E-state index in [0.717, 1.165) is 56.8 Å². The summed E-state index contributed by atoms with van der Waals surface area (Å²) in [6.07, 6.45) is 1.01. The van der Waals surface area contributed by atoms with Crippen molar-refractivity contribution in [2.45, 2.75) is 20.3 Å². The lowest BCUT2D eigenvalue weighted by Crippen LogP contribution is -2.45. The maximum atomic E-state index is 12.2. The van der Waals surface area contributed by atoms with Crippen molar-refractivity contribution in [1.29, 1.82) is 0 Å². The molecule has 1 saturated heterocycles. The first kappa shape index (κ1) is 16.0. The Balaban J connectivity index is 1.71. The van der Waals surface area contributed by atoms with Crippen molar-refractivity contribution in [2.24, 2.45) is 0 Å². The highest BCUT2D eigenvalue weighted by Crippen LogP contribution is 2.12. The van der Waals surface area contributed by atoms with Gasteiger partial charge in [0, 0.05) is 38.3 Å².